The molecule has 4 rings (SSSR count). The van der Waals surface area contributed by atoms with Crippen LogP contribution in [0.4, 0.5) is 5.82 Å². The monoisotopic (exact) mass is 379 g/mol. The fourth-order valence-electron chi connectivity index (χ4n) is 2.67. The van der Waals surface area contributed by atoms with Gasteiger partial charge in [0.2, 0.25) is 0 Å². The first-order valence-corrected chi connectivity index (χ1v) is 9.10. The van der Waals surface area contributed by atoms with Gasteiger partial charge in [-0.05, 0) is 31.5 Å². The zero-order chi connectivity index (χ0) is 18.8. The van der Waals surface area contributed by atoms with Gasteiger partial charge in [-0.15, -0.1) is 10.2 Å². The standard InChI is InChI=1S/C18H17N7OS/c1-10-6-19-17(20-7-10)12-4-13-16(14(5-12)26-3)22-9-23-18(13)21-8-15-25-24-11(2)27-15/h4-7,9H,8H2,1-3H3,(H,21,22,23). The lowest BCUT2D eigenvalue weighted by molar-refractivity contribution is 0.419. The van der Waals surface area contributed by atoms with Gasteiger partial charge in [-0.25, -0.2) is 19.9 Å². The molecule has 0 aliphatic rings. The normalized spacial score (nSPS) is 10.9. The summed E-state index contributed by atoms with van der Waals surface area (Å²) in [5.41, 5.74) is 2.56. The summed E-state index contributed by atoms with van der Waals surface area (Å²) in [5, 5.41) is 14.1. The molecule has 0 atom stereocenters. The lowest BCUT2D eigenvalue weighted by atomic mass is 10.1. The van der Waals surface area contributed by atoms with E-state index in [-0.39, 0.29) is 0 Å². The van der Waals surface area contributed by atoms with E-state index >= 15 is 0 Å². The molecule has 0 aliphatic heterocycles. The Morgan fingerprint density at radius 2 is 1.85 bits per heavy atom. The predicted molar refractivity (Wildman–Crippen MR) is 104 cm³/mol. The van der Waals surface area contributed by atoms with Gasteiger partial charge >= 0.3 is 0 Å². The molecular formula is C18H17N7OS. The molecule has 4 aromatic rings. The minimum Gasteiger partial charge on any atom is -0.494 e. The third-order valence-corrected chi connectivity index (χ3v) is 4.78. The molecule has 0 fully saturated rings. The molecular weight excluding hydrogens is 362 g/mol. The zero-order valence-corrected chi connectivity index (χ0v) is 15.9. The van der Waals surface area contributed by atoms with Crippen LogP contribution >= 0.6 is 11.3 Å². The van der Waals surface area contributed by atoms with Crippen LogP contribution in [0.25, 0.3) is 22.3 Å². The van der Waals surface area contributed by atoms with Crippen LogP contribution in [-0.2, 0) is 6.54 Å². The van der Waals surface area contributed by atoms with E-state index < -0.39 is 0 Å². The highest BCUT2D eigenvalue weighted by Crippen LogP contribution is 2.33. The van der Waals surface area contributed by atoms with Crippen LogP contribution in [0.5, 0.6) is 5.75 Å². The summed E-state index contributed by atoms with van der Waals surface area (Å²) in [6.07, 6.45) is 5.09. The molecule has 27 heavy (non-hydrogen) atoms. The van der Waals surface area contributed by atoms with E-state index in [1.54, 1.807) is 30.8 Å². The molecule has 3 aromatic heterocycles. The number of aromatic nitrogens is 6. The quantitative estimate of drug-likeness (QED) is 0.564. The second-order valence-corrected chi connectivity index (χ2v) is 7.22. The van der Waals surface area contributed by atoms with Gasteiger partial charge in [0.1, 0.15) is 33.4 Å². The van der Waals surface area contributed by atoms with Gasteiger partial charge in [0.05, 0.1) is 13.7 Å². The van der Waals surface area contributed by atoms with E-state index in [0.717, 1.165) is 32.0 Å². The van der Waals surface area contributed by atoms with Crippen LogP contribution in [0.3, 0.4) is 0 Å². The molecule has 9 heteroatoms. The molecule has 1 aromatic carbocycles. The number of nitrogens with one attached hydrogen (secondary N) is 1. The van der Waals surface area contributed by atoms with Crippen molar-refractivity contribution in [1.82, 2.24) is 30.1 Å². The summed E-state index contributed by atoms with van der Waals surface area (Å²) in [6.45, 7) is 4.42. The second kappa shape index (κ2) is 7.20. The van der Waals surface area contributed by atoms with Crippen molar-refractivity contribution in [3.63, 3.8) is 0 Å². The molecule has 1 N–H and O–H groups in total. The molecule has 0 saturated heterocycles. The maximum atomic E-state index is 5.54. The molecule has 8 nitrogen and oxygen atoms in total. The third kappa shape index (κ3) is 3.54. The van der Waals surface area contributed by atoms with Crippen molar-refractivity contribution in [2.24, 2.45) is 0 Å². The van der Waals surface area contributed by atoms with Crippen LogP contribution in [0.15, 0.2) is 30.9 Å². The molecule has 136 valence electrons. The minimum absolute atomic E-state index is 0.533. The SMILES string of the molecule is COc1cc(-c2ncc(C)cn2)cc2c(NCc3nnc(C)s3)ncnc12. The van der Waals surface area contributed by atoms with Crippen LogP contribution in [0.1, 0.15) is 15.6 Å². The first-order valence-electron chi connectivity index (χ1n) is 8.28. The molecule has 0 saturated carbocycles. The molecule has 0 aliphatic carbocycles. The van der Waals surface area contributed by atoms with Gasteiger partial charge in [0.15, 0.2) is 5.82 Å². The predicted octanol–water partition coefficient (Wildman–Crippen LogP) is 3.18. The van der Waals surface area contributed by atoms with E-state index in [4.69, 9.17) is 4.74 Å². The first-order chi connectivity index (χ1) is 13.1. The van der Waals surface area contributed by atoms with Crippen molar-refractivity contribution in [3.05, 3.63) is 46.4 Å². The Kier molecular flexibility index (Phi) is 4.59. The Bertz CT molecular complexity index is 1090. The fraction of sp³-hybridized carbons (Fsp3) is 0.222. The van der Waals surface area contributed by atoms with Crippen molar-refractivity contribution in [2.75, 3.05) is 12.4 Å². The fourth-order valence-corrected chi connectivity index (χ4v) is 3.32. The number of hydrogen-bond donors (Lipinski definition) is 1. The summed E-state index contributed by atoms with van der Waals surface area (Å²) in [7, 11) is 1.62. The summed E-state index contributed by atoms with van der Waals surface area (Å²) in [5.74, 6) is 1.96. The minimum atomic E-state index is 0.533. The molecule has 0 radical (unpaired) electrons. The van der Waals surface area contributed by atoms with Crippen molar-refractivity contribution < 1.29 is 4.74 Å². The topological polar surface area (TPSA) is 98.6 Å². The molecule has 3 heterocycles. The highest BCUT2D eigenvalue weighted by atomic mass is 32.1. The lowest BCUT2D eigenvalue weighted by Gasteiger charge is -2.11. The van der Waals surface area contributed by atoms with E-state index in [9.17, 15) is 0 Å². The molecule has 0 unspecified atom stereocenters. The van der Waals surface area contributed by atoms with E-state index in [2.05, 4.69) is 35.5 Å². The number of benzene rings is 1. The number of hydrogen-bond acceptors (Lipinski definition) is 9. The smallest absolute Gasteiger partial charge is 0.159 e. The van der Waals surface area contributed by atoms with Crippen LogP contribution in [0, 0.1) is 13.8 Å². The van der Waals surface area contributed by atoms with Gasteiger partial charge in [0, 0.05) is 23.3 Å². The Balaban J connectivity index is 1.77. The van der Waals surface area contributed by atoms with Gasteiger partial charge in [0.25, 0.3) is 0 Å². The lowest BCUT2D eigenvalue weighted by Crippen LogP contribution is -2.03. The summed E-state index contributed by atoms with van der Waals surface area (Å²) in [4.78, 5) is 17.6. The Hall–Kier alpha value is -3.20. The number of methoxy groups -OCH3 is 1. The number of aryl methyl sites for hydroxylation is 2. The molecule has 0 bridgehead atoms. The average Bonchev–Trinajstić information content (AvgIpc) is 3.11. The summed E-state index contributed by atoms with van der Waals surface area (Å²) < 4.78 is 5.54. The van der Waals surface area contributed by atoms with E-state index in [1.807, 2.05) is 26.0 Å². The third-order valence-electron chi connectivity index (χ3n) is 3.94. The first kappa shape index (κ1) is 17.2. The van der Waals surface area contributed by atoms with Gasteiger partial charge in [-0.2, -0.15) is 0 Å². The Morgan fingerprint density at radius 3 is 2.56 bits per heavy atom. The Morgan fingerprint density at radius 1 is 1.04 bits per heavy atom. The van der Waals surface area contributed by atoms with Gasteiger partial charge in [-0.3, -0.25) is 0 Å². The van der Waals surface area contributed by atoms with Gasteiger partial charge < -0.3 is 10.1 Å². The maximum absolute atomic E-state index is 5.54. The number of rotatable bonds is 5. The van der Waals surface area contributed by atoms with Crippen LogP contribution in [0.2, 0.25) is 0 Å². The summed E-state index contributed by atoms with van der Waals surface area (Å²) in [6, 6.07) is 3.86. The molecule has 0 spiro atoms. The van der Waals surface area contributed by atoms with Crippen LogP contribution < -0.4 is 10.1 Å². The van der Waals surface area contributed by atoms with Crippen molar-refractivity contribution in [1.29, 1.82) is 0 Å². The van der Waals surface area contributed by atoms with Gasteiger partial charge in [-0.1, -0.05) is 11.3 Å². The van der Waals surface area contributed by atoms with Crippen molar-refractivity contribution in [3.8, 4) is 17.1 Å². The highest BCUT2D eigenvalue weighted by Gasteiger charge is 2.13. The van der Waals surface area contributed by atoms with Crippen molar-refractivity contribution in [2.45, 2.75) is 20.4 Å². The highest BCUT2D eigenvalue weighted by molar-refractivity contribution is 7.11. The maximum Gasteiger partial charge on any atom is 0.159 e. The Labute approximate surface area is 159 Å². The number of fused-ring (bicyclic) bond motifs is 1. The van der Waals surface area contributed by atoms with Crippen molar-refractivity contribution >= 4 is 28.1 Å². The largest absolute Gasteiger partial charge is 0.494 e. The summed E-state index contributed by atoms with van der Waals surface area (Å²) >= 11 is 1.55. The van der Waals surface area contributed by atoms with E-state index in [1.165, 1.54) is 6.33 Å². The number of nitrogens with zero attached hydrogens (tertiary/aromatic N) is 6. The van der Waals surface area contributed by atoms with E-state index in [0.29, 0.717) is 23.9 Å². The number of anilines is 1. The zero-order valence-electron chi connectivity index (χ0n) is 15.1. The second-order valence-electron chi connectivity index (χ2n) is 5.95. The molecule has 0 amide bonds. The average molecular weight is 379 g/mol. The van der Waals surface area contributed by atoms with Crippen LogP contribution in [-0.4, -0.2) is 37.2 Å². The number of ether oxygens (including phenoxy) is 1.